The highest BCUT2D eigenvalue weighted by molar-refractivity contribution is 8.15. The number of halogens is 1. The first kappa shape index (κ1) is 20.2. The number of Topliss-reactive ketones (excluding diaryl/α,β-unsaturated/α-hetero) is 1. The minimum absolute atomic E-state index is 0.00609. The molecule has 30 heavy (non-hydrogen) atoms. The number of carbonyl (C=O) groups excluding carboxylic acids is 2. The maximum absolute atomic E-state index is 14.6. The Balaban J connectivity index is 1.66. The number of thioether (sulfide) groups is 1. The first-order chi connectivity index (χ1) is 14.5. The second-order valence-corrected chi connectivity index (χ2v) is 7.66. The van der Waals surface area contributed by atoms with Crippen molar-refractivity contribution < 1.29 is 28.2 Å². The molecule has 1 atom stereocenters. The molecule has 0 spiro atoms. The van der Waals surface area contributed by atoms with Gasteiger partial charge in [0, 0.05) is 22.6 Å². The van der Waals surface area contributed by atoms with E-state index >= 15 is 0 Å². The van der Waals surface area contributed by atoms with Gasteiger partial charge in [0.25, 0.3) is 0 Å². The predicted molar refractivity (Wildman–Crippen MR) is 111 cm³/mol. The maximum atomic E-state index is 14.6. The van der Waals surface area contributed by atoms with Gasteiger partial charge in [-0.05, 0) is 12.1 Å². The molecule has 0 bridgehead atoms. The second kappa shape index (κ2) is 8.31. The molecule has 1 unspecified atom stereocenters. The summed E-state index contributed by atoms with van der Waals surface area (Å²) in [4.78, 5) is 28.6. The van der Waals surface area contributed by atoms with Gasteiger partial charge in [0.1, 0.15) is 24.1 Å². The Morgan fingerprint density at radius 1 is 1.13 bits per heavy atom. The van der Waals surface area contributed by atoms with Crippen LogP contribution < -0.4 is 14.2 Å². The number of rotatable bonds is 6. The highest BCUT2D eigenvalue weighted by Gasteiger charge is 2.37. The number of hydrogen-bond donors (Lipinski definition) is 0. The van der Waals surface area contributed by atoms with Crippen LogP contribution in [0.4, 0.5) is 4.39 Å². The van der Waals surface area contributed by atoms with E-state index in [-0.39, 0.29) is 40.3 Å². The van der Waals surface area contributed by atoms with Crippen LogP contribution in [-0.2, 0) is 16.2 Å². The third kappa shape index (κ3) is 3.70. The van der Waals surface area contributed by atoms with Gasteiger partial charge in [-0.25, -0.2) is 4.39 Å². The topological polar surface area (TPSA) is 74.7 Å². The monoisotopic (exact) mass is 427 g/mol. The van der Waals surface area contributed by atoms with Gasteiger partial charge in [-0.3, -0.25) is 14.6 Å². The molecule has 0 aliphatic carbocycles. The van der Waals surface area contributed by atoms with Crippen molar-refractivity contribution in [1.82, 2.24) is 4.98 Å². The Kier molecular flexibility index (Phi) is 5.59. The van der Waals surface area contributed by atoms with Crippen LogP contribution >= 0.6 is 11.8 Å². The number of fused-ring (bicyclic) bond motifs is 1. The fourth-order valence-electron chi connectivity index (χ4n) is 3.37. The third-order valence-electron chi connectivity index (χ3n) is 4.90. The zero-order chi connectivity index (χ0) is 21.3. The van der Waals surface area contributed by atoms with Gasteiger partial charge in [0.05, 0.1) is 31.7 Å². The summed E-state index contributed by atoms with van der Waals surface area (Å²) in [6.07, 6.45) is 1.62. The minimum atomic E-state index is -1.12. The quantitative estimate of drug-likeness (QED) is 0.553. The number of methoxy groups -OCH3 is 2. The molecule has 0 amide bonds. The van der Waals surface area contributed by atoms with E-state index in [0.717, 1.165) is 34.3 Å². The number of aromatic nitrogens is 1. The Morgan fingerprint density at radius 2 is 1.97 bits per heavy atom. The molecule has 1 aliphatic heterocycles. The van der Waals surface area contributed by atoms with Crippen molar-refractivity contribution in [2.45, 2.75) is 12.5 Å². The van der Waals surface area contributed by atoms with Gasteiger partial charge >= 0.3 is 0 Å². The lowest BCUT2D eigenvalue weighted by molar-refractivity contribution is -0.122. The Hall–Kier alpha value is -3.13. The average Bonchev–Trinajstić information content (AvgIpc) is 3.09. The molecule has 1 aliphatic rings. The number of ether oxygens (including phenoxy) is 3. The van der Waals surface area contributed by atoms with Gasteiger partial charge in [-0.2, -0.15) is 0 Å². The molecule has 0 saturated carbocycles. The highest BCUT2D eigenvalue weighted by Crippen LogP contribution is 2.38. The largest absolute Gasteiger partial charge is 0.495 e. The van der Waals surface area contributed by atoms with E-state index in [1.54, 1.807) is 13.3 Å². The van der Waals surface area contributed by atoms with E-state index < -0.39 is 11.7 Å². The van der Waals surface area contributed by atoms with Gasteiger partial charge in [-0.15, -0.1) is 0 Å². The number of pyridine rings is 1. The molecule has 1 fully saturated rings. The van der Waals surface area contributed by atoms with E-state index in [0.29, 0.717) is 5.75 Å². The fraction of sp³-hybridized carbons (Fsp3) is 0.227. The number of nitrogens with zero attached hydrogens (tertiary/aromatic N) is 1. The molecule has 8 heteroatoms. The molecular weight excluding hydrogens is 409 g/mol. The maximum Gasteiger partial charge on any atom is 0.204 e. The first-order valence-corrected chi connectivity index (χ1v) is 10.1. The van der Waals surface area contributed by atoms with Gasteiger partial charge < -0.3 is 14.2 Å². The van der Waals surface area contributed by atoms with Crippen molar-refractivity contribution in [3.05, 3.63) is 59.5 Å². The number of carbonyl (C=O) groups is 2. The zero-order valence-corrected chi connectivity index (χ0v) is 17.1. The molecular formula is C22H18FNO5S. The Bertz CT molecular complexity index is 1130. The van der Waals surface area contributed by atoms with Crippen LogP contribution in [0.2, 0.25) is 0 Å². The minimum Gasteiger partial charge on any atom is -0.495 e. The summed E-state index contributed by atoms with van der Waals surface area (Å²) in [5, 5.41) is 0.531. The molecule has 2 heterocycles. The molecule has 154 valence electrons. The lowest BCUT2D eigenvalue weighted by atomic mass is 9.96. The summed E-state index contributed by atoms with van der Waals surface area (Å²) in [5.74, 6) is -0.978. The molecule has 0 radical (unpaired) electrons. The van der Waals surface area contributed by atoms with Crippen molar-refractivity contribution in [3.8, 4) is 17.2 Å². The van der Waals surface area contributed by atoms with Crippen LogP contribution in [0.25, 0.3) is 10.9 Å². The number of para-hydroxylation sites is 1. The molecule has 0 N–H and O–H groups in total. The van der Waals surface area contributed by atoms with Crippen LogP contribution in [0, 0.1) is 5.82 Å². The van der Waals surface area contributed by atoms with Crippen LogP contribution in [0.3, 0.4) is 0 Å². The Morgan fingerprint density at radius 3 is 2.67 bits per heavy atom. The smallest absolute Gasteiger partial charge is 0.204 e. The van der Waals surface area contributed by atoms with Crippen molar-refractivity contribution in [3.63, 3.8) is 0 Å². The Labute approximate surface area is 176 Å². The van der Waals surface area contributed by atoms with Gasteiger partial charge in [-0.1, -0.05) is 30.0 Å². The summed E-state index contributed by atoms with van der Waals surface area (Å²) in [5.41, 5.74) is 1.57. The summed E-state index contributed by atoms with van der Waals surface area (Å²) >= 11 is 0.902. The lowest BCUT2D eigenvalue weighted by Crippen LogP contribution is -2.15. The molecule has 3 aromatic rings. The lowest BCUT2D eigenvalue weighted by Gasteiger charge is -2.16. The van der Waals surface area contributed by atoms with Crippen LogP contribution in [-0.4, -0.2) is 35.9 Å². The highest BCUT2D eigenvalue weighted by atomic mass is 32.2. The van der Waals surface area contributed by atoms with E-state index in [9.17, 15) is 14.0 Å². The number of hydrogen-bond acceptors (Lipinski definition) is 7. The van der Waals surface area contributed by atoms with E-state index in [2.05, 4.69) is 4.98 Å². The first-order valence-electron chi connectivity index (χ1n) is 9.13. The van der Waals surface area contributed by atoms with Crippen molar-refractivity contribution in [1.29, 1.82) is 0 Å². The SMILES string of the molecule is COc1cnc2c(COc3cc(C4C(=O)CSC4=O)c(F)cc3OC)cccc2c1. The van der Waals surface area contributed by atoms with Crippen molar-refractivity contribution in [2.24, 2.45) is 0 Å². The third-order valence-corrected chi connectivity index (χ3v) is 5.85. The van der Waals surface area contributed by atoms with Crippen molar-refractivity contribution >= 4 is 33.6 Å². The molecule has 4 rings (SSSR count). The summed E-state index contributed by atoms with van der Waals surface area (Å²) in [7, 11) is 2.97. The predicted octanol–water partition coefficient (Wildman–Crippen LogP) is 3.90. The normalized spacial score (nSPS) is 16.2. The van der Waals surface area contributed by atoms with E-state index in [4.69, 9.17) is 14.2 Å². The van der Waals surface area contributed by atoms with Crippen LogP contribution in [0.15, 0.2) is 42.6 Å². The van der Waals surface area contributed by atoms with Gasteiger partial charge in [0.15, 0.2) is 17.3 Å². The molecule has 1 aromatic heterocycles. The standard InChI is InChI=1S/C22H18FNO5S/c1-27-14-6-12-4-3-5-13(21(12)24-9-14)10-29-19-7-15(16(23)8-18(19)28-2)20-17(25)11-30-22(20)26/h3-9,20H,10-11H2,1-2H3. The number of ketones is 1. The van der Waals surface area contributed by atoms with E-state index in [1.165, 1.54) is 13.2 Å². The summed E-state index contributed by atoms with van der Waals surface area (Å²) in [6.45, 7) is 0.138. The zero-order valence-electron chi connectivity index (χ0n) is 16.3. The van der Waals surface area contributed by atoms with E-state index in [1.807, 2.05) is 24.3 Å². The summed E-state index contributed by atoms with van der Waals surface area (Å²) < 4.78 is 30.9. The van der Waals surface area contributed by atoms with Crippen LogP contribution in [0.5, 0.6) is 17.2 Å². The van der Waals surface area contributed by atoms with Crippen molar-refractivity contribution in [2.75, 3.05) is 20.0 Å². The molecule has 2 aromatic carbocycles. The van der Waals surface area contributed by atoms with Gasteiger partial charge in [0.2, 0.25) is 5.12 Å². The second-order valence-electron chi connectivity index (χ2n) is 6.68. The fourth-order valence-corrected chi connectivity index (χ4v) is 4.25. The van der Waals surface area contributed by atoms with Crippen LogP contribution in [0.1, 0.15) is 17.0 Å². The molecule has 6 nitrogen and oxygen atoms in total. The molecule has 1 saturated heterocycles. The number of benzene rings is 2. The average molecular weight is 427 g/mol. The summed E-state index contributed by atoms with van der Waals surface area (Å²) in [6, 6.07) is 10.1.